The summed E-state index contributed by atoms with van der Waals surface area (Å²) in [4.78, 5) is 2.43. The Bertz CT molecular complexity index is 2360. The molecule has 50 heavy (non-hydrogen) atoms. The number of anilines is 3. The third-order valence-electron chi connectivity index (χ3n) is 11.0. The Morgan fingerprint density at radius 1 is 0.460 bits per heavy atom. The Morgan fingerprint density at radius 2 is 0.920 bits per heavy atom. The second kappa shape index (κ2) is 11.8. The van der Waals surface area contributed by atoms with E-state index in [4.69, 9.17) is 0 Å². The van der Waals surface area contributed by atoms with Crippen LogP contribution in [0.15, 0.2) is 170 Å². The monoisotopic (exact) mass is 636 g/mol. The van der Waals surface area contributed by atoms with E-state index in [-0.39, 0.29) is 18.8 Å². The molecule has 234 valence electrons. The molecule has 0 radical (unpaired) electrons. The zero-order valence-corrected chi connectivity index (χ0v) is 28.2. The first-order valence-corrected chi connectivity index (χ1v) is 17.4. The van der Waals surface area contributed by atoms with E-state index in [2.05, 4.69) is 183 Å². The average molecular weight is 636 g/mol. The number of hydrogen-bond acceptors (Lipinski definition) is 2. The second-order valence-electron chi connectivity index (χ2n) is 13.9. The predicted octanol–water partition coefficient (Wildman–Crippen LogP) is 6.68. The molecule has 4 heteroatoms. The highest BCUT2D eigenvalue weighted by Crippen LogP contribution is 2.53. The van der Waals surface area contributed by atoms with Gasteiger partial charge in [0.05, 0.1) is 23.1 Å². The minimum absolute atomic E-state index is 0.106. The number of fused-ring (bicyclic) bond motifs is 4. The summed E-state index contributed by atoms with van der Waals surface area (Å²) < 4.78 is 0. The van der Waals surface area contributed by atoms with Gasteiger partial charge >= 0.3 is 0 Å². The summed E-state index contributed by atoms with van der Waals surface area (Å²) in [6.07, 6.45) is 0. The molecule has 7 aromatic rings. The van der Waals surface area contributed by atoms with Crippen LogP contribution in [-0.2, 0) is 5.41 Å². The van der Waals surface area contributed by atoms with Crippen LogP contribution in [0.2, 0.25) is 0 Å². The molecule has 0 unspecified atom stereocenters. The number of nitriles is 1. The van der Waals surface area contributed by atoms with E-state index in [1.54, 1.807) is 0 Å². The van der Waals surface area contributed by atoms with Gasteiger partial charge in [0.25, 0.3) is 0 Å². The van der Waals surface area contributed by atoms with Crippen molar-refractivity contribution in [1.82, 2.24) is 0 Å². The molecule has 2 aliphatic heterocycles. The first kappa shape index (κ1) is 30.1. The fourth-order valence-corrected chi connectivity index (χ4v) is 8.76. The van der Waals surface area contributed by atoms with Crippen LogP contribution in [0.25, 0.3) is 11.1 Å². The normalized spacial score (nSPS) is 13.8. The van der Waals surface area contributed by atoms with Crippen LogP contribution >= 0.6 is 0 Å². The van der Waals surface area contributed by atoms with Gasteiger partial charge in [-0.2, -0.15) is 5.26 Å². The molecule has 0 saturated heterocycles. The lowest BCUT2D eigenvalue weighted by molar-refractivity contribution is 0.632. The summed E-state index contributed by atoms with van der Waals surface area (Å²) in [5.74, 6) is 0. The van der Waals surface area contributed by atoms with Crippen molar-refractivity contribution in [2.24, 2.45) is 0 Å². The maximum Gasteiger partial charge on any atom is 0.242 e. The van der Waals surface area contributed by atoms with Crippen LogP contribution in [0.4, 0.5) is 17.1 Å². The van der Waals surface area contributed by atoms with Crippen molar-refractivity contribution < 1.29 is 0 Å². The van der Waals surface area contributed by atoms with E-state index in [9.17, 15) is 5.26 Å². The lowest BCUT2D eigenvalue weighted by Gasteiger charge is -2.42. The largest absolute Gasteiger partial charge is 0.309 e. The van der Waals surface area contributed by atoms with Crippen LogP contribution in [0.5, 0.6) is 0 Å². The summed E-state index contributed by atoms with van der Waals surface area (Å²) in [7, 11) is 0. The van der Waals surface area contributed by atoms with Crippen molar-refractivity contribution in [1.29, 1.82) is 5.26 Å². The number of para-hydroxylation sites is 3. The molecule has 0 fully saturated rings. The van der Waals surface area contributed by atoms with Crippen molar-refractivity contribution in [3.05, 3.63) is 187 Å². The molecular weight excluding hydrogens is 602 g/mol. The quantitative estimate of drug-likeness (QED) is 0.202. The zero-order chi connectivity index (χ0) is 33.8. The average Bonchev–Trinajstić information content (AvgIpc) is 3.17. The molecule has 2 heterocycles. The Morgan fingerprint density at radius 3 is 1.50 bits per heavy atom. The molecule has 0 aliphatic carbocycles. The predicted molar refractivity (Wildman–Crippen MR) is 212 cm³/mol. The summed E-state index contributed by atoms with van der Waals surface area (Å²) in [6.45, 7) is 4.63. The van der Waals surface area contributed by atoms with Gasteiger partial charge in [-0.25, -0.2) is 0 Å². The van der Waals surface area contributed by atoms with Crippen molar-refractivity contribution in [3.63, 3.8) is 0 Å². The van der Waals surface area contributed by atoms with Crippen LogP contribution < -0.4 is 37.7 Å². The molecule has 9 rings (SSSR count). The first-order chi connectivity index (χ1) is 24.6. The lowest BCUT2D eigenvalue weighted by Crippen LogP contribution is -2.75. The van der Waals surface area contributed by atoms with Gasteiger partial charge in [0.2, 0.25) is 13.4 Å². The van der Waals surface area contributed by atoms with Gasteiger partial charge in [0.1, 0.15) is 0 Å². The number of rotatable bonds is 4. The summed E-state index contributed by atoms with van der Waals surface area (Å²) in [5, 5.41) is 10.8. The van der Waals surface area contributed by atoms with E-state index in [0.717, 1.165) is 22.3 Å². The van der Waals surface area contributed by atoms with Gasteiger partial charge in [-0.05, 0) is 46.4 Å². The van der Waals surface area contributed by atoms with Crippen LogP contribution in [-0.4, -0.2) is 13.4 Å². The third kappa shape index (κ3) is 4.51. The van der Waals surface area contributed by atoms with E-state index >= 15 is 0 Å². The molecule has 0 aromatic heterocycles. The van der Waals surface area contributed by atoms with Gasteiger partial charge in [0, 0.05) is 16.5 Å². The molecule has 0 N–H and O–H groups in total. The summed E-state index contributed by atoms with van der Waals surface area (Å²) in [6, 6.07) is 63.7. The van der Waals surface area contributed by atoms with Crippen molar-refractivity contribution in [2.75, 3.05) is 4.90 Å². The molecule has 7 aromatic carbocycles. The molecule has 2 nitrogen and oxygen atoms in total. The molecule has 0 amide bonds. The smallest absolute Gasteiger partial charge is 0.242 e. The van der Waals surface area contributed by atoms with E-state index in [0.29, 0.717) is 5.56 Å². The van der Waals surface area contributed by atoms with Crippen molar-refractivity contribution in [2.45, 2.75) is 19.3 Å². The van der Waals surface area contributed by atoms with Crippen LogP contribution in [0.3, 0.4) is 0 Å². The summed E-state index contributed by atoms with van der Waals surface area (Å²) >= 11 is 0. The number of benzene rings is 7. The maximum atomic E-state index is 10.8. The van der Waals surface area contributed by atoms with Crippen LogP contribution in [0, 0.1) is 11.3 Å². The highest BCUT2D eigenvalue weighted by atomic mass is 15.2. The van der Waals surface area contributed by atoms with E-state index < -0.39 is 0 Å². The second-order valence-corrected chi connectivity index (χ2v) is 13.9. The van der Waals surface area contributed by atoms with Gasteiger partial charge in [-0.3, -0.25) is 0 Å². The van der Waals surface area contributed by atoms with Crippen molar-refractivity contribution in [3.8, 4) is 17.2 Å². The highest BCUT2D eigenvalue weighted by Gasteiger charge is 2.41. The zero-order valence-electron chi connectivity index (χ0n) is 28.2. The minimum atomic E-state index is -0.157. The summed E-state index contributed by atoms with van der Waals surface area (Å²) in [5.41, 5.74) is 16.2. The van der Waals surface area contributed by atoms with Gasteiger partial charge in [-0.15, -0.1) is 0 Å². The Balaban J connectivity index is 1.31. The molecule has 0 atom stereocenters. The van der Waals surface area contributed by atoms with E-state index in [1.165, 1.54) is 49.8 Å². The first-order valence-electron chi connectivity index (χ1n) is 17.4. The number of nitrogens with zero attached hydrogens (tertiary/aromatic N) is 2. The molecule has 0 spiro atoms. The lowest BCUT2D eigenvalue weighted by atomic mass is 9.20. The van der Waals surface area contributed by atoms with E-state index in [1.807, 2.05) is 12.1 Å². The topological polar surface area (TPSA) is 27.0 Å². The molecular formula is C46H34B2N2. The Hall–Kier alpha value is -6.04. The Labute approximate surface area is 295 Å². The highest BCUT2D eigenvalue weighted by molar-refractivity contribution is 7.11. The van der Waals surface area contributed by atoms with Crippen molar-refractivity contribution >= 4 is 63.3 Å². The van der Waals surface area contributed by atoms with Crippen LogP contribution in [0.1, 0.15) is 30.5 Å². The van der Waals surface area contributed by atoms with Gasteiger partial charge in [-0.1, -0.05) is 187 Å². The Kier molecular flexibility index (Phi) is 7.11. The third-order valence-corrected chi connectivity index (χ3v) is 11.0. The molecule has 0 bridgehead atoms. The fourth-order valence-electron chi connectivity index (χ4n) is 8.76. The minimum Gasteiger partial charge on any atom is -0.309 e. The maximum absolute atomic E-state index is 10.8. The molecule has 0 saturated carbocycles. The fraction of sp³-hybridized carbons (Fsp3) is 0.0652. The standard InChI is InChI=1S/C46H34B2N2/c1-46(2)36-22-7-14-29-43(36)50(44-30-15-8-23-37(44)46)42-28-13-6-20-34(42)35-21-16-17-32(31-49)45(35)48-40-26-11-9-24-38(40)47(33-18-4-3-5-19-33)39-25-10-12-27-41(39)48/h3-30H,1-2H3. The van der Waals surface area contributed by atoms with Gasteiger partial charge in [0.15, 0.2) is 0 Å². The van der Waals surface area contributed by atoms with Gasteiger partial charge < -0.3 is 4.90 Å². The SMILES string of the molecule is CC1(C)c2ccccc2N(c2ccccc2-c2cccc(C#N)c2B2c3ccccc3B(c3ccccc3)c3ccccc32)c2ccccc21. The number of hydrogen-bond donors (Lipinski definition) is 0. The molecule has 2 aliphatic rings.